The van der Waals surface area contributed by atoms with Crippen LogP contribution >= 0.6 is 0 Å². The summed E-state index contributed by atoms with van der Waals surface area (Å²) in [7, 11) is 0. The minimum Gasteiger partial charge on any atom is -0.448 e. The molecule has 1 amide bonds. The lowest BCUT2D eigenvalue weighted by Gasteiger charge is -2.25. The molecule has 0 saturated heterocycles. The summed E-state index contributed by atoms with van der Waals surface area (Å²) >= 11 is 0. The first-order chi connectivity index (χ1) is 6.27. The smallest absolute Gasteiger partial charge is 0.273 e. The second-order valence-electron chi connectivity index (χ2n) is 3.36. The molecule has 0 radical (unpaired) electrons. The zero-order chi connectivity index (χ0) is 9.26. The Labute approximate surface area is 76.3 Å². The fraction of sp³-hybridized carbons (Fsp3) is 0.556. The molecule has 0 aromatic carbocycles. The molecule has 2 rings (SSSR count). The molecular formula is C9H12N2O2. The highest BCUT2D eigenvalue weighted by Crippen LogP contribution is 2.18. The van der Waals surface area contributed by atoms with Gasteiger partial charge in [-0.3, -0.25) is 4.79 Å². The molecule has 1 saturated carbocycles. The number of nitrogens with zero attached hydrogens (tertiary/aromatic N) is 1. The zero-order valence-electron chi connectivity index (χ0n) is 7.54. The first-order valence-corrected chi connectivity index (χ1v) is 4.48. The lowest BCUT2D eigenvalue weighted by molar-refractivity contribution is 0.0911. The summed E-state index contributed by atoms with van der Waals surface area (Å²) in [4.78, 5) is 15.3. The van der Waals surface area contributed by atoms with Crippen LogP contribution in [0.4, 0.5) is 0 Å². The highest BCUT2D eigenvalue weighted by atomic mass is 16.3. The van der Waals surface area contributed by atoms with Crippen LogP contribution in [0.3, 0.4) is 0 Å². The van der Waals surface area contributed by atoms with Crippen LogP contribution in [0.2, 0.25) is 0 Å². The molecule has 0 atom stereocenters. The first kappa shape index (κ1) is 8.29. The highest BCUT2D eigenvalue weighted by Gasteiger charge is 2.22. The van der Waals surface area contributed by atoms with Gasteiger partial charge in [-0.1, -0.05) is 0 Å². The van der Waals surface area contributed by atoms with Crippen LogP contribution in [0.1, 0.15) is 35.5 Å². The molecular weight excluding hydrogens is 168 g/mol. The van der Waals surface area contributed by atoms with E-state index in [-0.39, 0.29) is 5.91 Å². The number of hydrogen-bond acceptors (Lipinski definition) is 3. The Morgan fingerprint density at radius 1 is 1.69 bits per heavy atom. The maximum atomic E-state index is 11.5. The largest absolute Gasteiger partial charge is 0.448 e. The lowest BCUT2D eigenvalue weighted by atomic mass is 9.93. The monoisotopic (exact) mass is 180 g/mol. The zero-order valence-corrected chi connectivity index (χ0v) is 7.54. The molecule has 70 valence electrons. The molecule has 0 bridgehead atoms. The Morgan fingerprint density at radius 3 is 2.92 bits per heavy atom. The summed E-state index contributed by atoms with van der Waals surface area (Å²) in [5.41, 5.74) is 0.409. The highest BCUT2D eigenvalue weighted by molar-refractivity contribution is 5.93. The van der Waals surface area contributed by atoms with E-state index in [0.29, 0.717) is 17.5 Å². The maximum absolute atomic E-state index is 11.5. The number of hydrogen-bond donors (Lipinski definition) is 1. The lowest BCUT2D eigenvalue weighted by Crippen LogP contribution is -2.39. The van der Waals surface area contributed by atoms with Crippen LogP contribution < -0.4 is 5.32 Å². The average Bonchev–Trinajstić information content (AvgIpc) is 2.43. The molecule has 1 aliphatic rings. The minimum atomic E-state index is -0.115. The Kier molecular flexibility index (Phi) is 2.04. The fourth-order valence-corrected chi connectivity index (χ4v) is 1.33. The third-order valence-corrected chi connectivity index (χ3v) is 2.40. The molecule has 1 heterocycles. The van der Waals surface area contributed by atoms with Crippen molar-refractivity contribution in [1.82, 2.24) is 10.3 Å². The van der Waals surface area contributed by atoms with Crippen molar-refractivity contribution in [3.63, 3.8) is 0 Å². The number of rotatable bonds is 2. The Balaban J connectivity index is 2.00. The van der Waals surface area contributed by atoms with Gasteiger partial charge >= 0.3 is 0 Å². The van der Waals surface area contributed by atoms with Crippen molar-refractivity contribution in [1.29, 1.82) is 0 Å². The number of carbonyl (C=O) groups excluding carboxylic acids is 1. The quantitative estimate of drug-likeness (QED) is 0.745. The van der Waals surface area contributed by atoms with Gasteiger partial charge in [-0.2, -0.15) is 0 Å². The molecule has 1 N–H and O–H groups in total. The second-order valence-corrected chi connectivity index (χ2v) is 3.36. The summed E-state index contributed by atoms with van der Waals surface area (Å²) in [5, 5.41) is 2.90. The van der Waals surface area contributed by atoms with Crippen LogP contribution in [0, 0.1) is 6.92 Å². The molecule has 0 spiro atoms. The number of carbonyl (C=O) groups is 1. The molecule has 4 heteroatoms. The number of aryl methyl sites for hydroxylation is 1. The van der Waals surface area contributed by atoms with Crippen LogP contribution in [-0.4, -0.2) is 16.9 Å². The fourth-order valence-electron chi connectivity index (χ4n) is 1.33. The van der Waals surface area contributed by atoms with Crippen molar-refractivity contribution in [2.75, 3.05) is 0 Å². The molecule has 1 aliphatic carbocycles. The molecule has 1 aromatic rings. The molecule has 0 aliphatic heterocycles. The van der Waals surface area contributed by atoms with Gasteiger partial charge < -0.3 is 9.73 Å². The maximum Gasteiger partial charge on any atom is 0.273 e. The summed E-state index contributed by atoms with van der Waals surface area (Å²) in [6.07, 6.45) is 4.68. The van der Waals surface area contributed by atoms with Crippen LogP contribution in [-0.2, 0) is 0 Å². The van der Waals surface area contributed by atoms with E-state index in [9.17, 15) is 4.79 Å². The number of nitrogens with one attached hydrogen (secondary N) is 1. The molecule has 1 aromatic heterocycles. The van der Waals surface area contributed by atoms with Crippen molar-refractivity contribution >= 4 is 5.91 Å². The number of amides is 1. The van der Waals surface area contributed by atoms with Crippen LogP contribution in [0.15, 0.2) is 10.8 Å². The van der Waals surface area contributed by atoms with Gasteiger partial charge in [0.25, 0.3) is 5.91 Å². The minimum absolute atomic E-state index is 0.115. The van der Waals surface area contributed by atoms with Gasteiger partial charge in [-0.15, -0.1) is 0 Å². The van der Waals surface area contributed by atoms with E-state index in [0.717, 1.165) is 12.8 Å². The topological polar surface area (TPSA) is 55.1 Å². The molecule has 1 fully saturated rings. The predicted molar refractivity (Wildman–Crippen MR) is 46.3 cm³/mol. The van der Waals surface area contributed by atoms with E-state index in [4.69, 9.17) is 4.42 Å². The van der Waals surface area contributed by atoms with Gasteiger partial charge in [-0.25, -0.2) is 4.98 Å². The second kappa shape index (κ2) is 3.20. The Bertz CT molecular complexity index is 315. The summed E-state index contributed by atoms with van der Waals surface area (Å²) in [5.74, 6) is 0.466. The van der Waals surface area contributed by atoms with Crippen LogP contribution in [0.5, 0.6) is 0 Å². The molecule has 4 nitrogen and oxygen atoms in total. The number of aromatic nitrogens is 1. The van der Waals surface area contributed by atoms with E-state index < -0.39 is 0 Å². The van der Waals surface area contributed by atoms with E-state index in [1.807, 2.05) is 0 Å². The Morgan fingerprint density at radius 2 is 2.46 bits per heavy atom. The van der Waals surface area contributed by atoms with Gasteiger partial charge in [0.15, 0.2) is 12.1 Å². The average molecular weight is 180 g/mol. The first-order valence-electron chi connectivity index (χ1n) is 4.48. The standard InChI is InChI=1S/C9H12N2O2/c1-6-8(10-5-13-6)9(12)11-7-3-2-4-7/h5,7H,2-4H2,1H3,(H,11,12). The van der Waals surface area contributed by atoms with E-state index in [1.165, 1.54) is 12.8 Å². The molecule has 13 heavy (non-hydrogen) atoms. The van der Waals surface area contributed by atoms with Gasteiger partial charge in [0.2, 0.25) is 0 Å². The van der Waals surface area contributed by atoms with E-state index in [2.05, 4.69) is 10.3 Å². The van der Waals surface area contributed by atoms with Gasteiger partial charge in [0.1, 0.15) is 5.76 Å². The van der Waals surface area contributed by atoms with Crippen molar-refractivity contribution < 1.29 is 9.21 Å². The van der Waals surface area contributed by atoms with Crippen molar-refractivity contribution in [2.24, 2.45) is 0 Å². The summed E-state index contributed by atoms with van der Waals surface area (Å²) < 4.78 is 4.95. The van der Waals surface area contributed by atoms with Gasteiger partial charge in [-0.05, 0) is 26.2 Å². The normalized spacial score (nSPS) is 16.7. The summed E-state index contributed by atoms with van der Waals surface area (Å²) in [6, 6.07) is 0.351. The number of oxazole rings is 1. The predicted octanol–water partition coefficient (Wildman–Crippen LogP) is 1.27. The van der Waals surface area contributed by atoms with Gasteiger partial charge in [0, 0.05) is 6.04 Å². The van der Waals surface area contributed by atoms with E-state index in [1.54, 1.807) is 6.92 Å². The van der Waals surface area contributed by atoms with Gasteiger partial charge in [0.05, 0.1) is 0 Å². The summed E-state index contributed by atoms with van der Waals surface area (Å²) in [6.45, 7) is 1.74. The molecule has 0 unspecified atom stereocenters. The Hall–Kier alpha value is -1.32. The van der Waals surface area contributed by atoms with Crippen molar-refractivity contribution in [3.8, 4) is 0 Å². The SMILES string of the molecule is Cc1ocnc1C(=O)NC1CCC1. The van der Waals surface area contributed by atoms with E-state index >= 15 is 0 Å². The van der Waals surface area contributed by atoms with Crippen LogP contribution in [0.25, 0.3) is 0 Å². The third-order valence-electron chi connectivity index (χ3n) is 2.40. The third kappa shape index (κ3) is 1.56. The van der Waals surface area contributed by atoms with Crippen molar-refractivity contribution in [2.45, 2.75) is 32.2 Å². The van der Waals surface area contributed by atoms with Crippen molar-refractivity contribution in [3.05, 3.63) is 17.8 Å².